The number of halogens is 1. The van der Waals surface area contributed by atoms with Gasteiger partial charge in [-0.15, -0.1) is 0 Å². The molecule has 0 saturated heterocycles. The molecule has 5 nitrogen and oxygen atoms in total. The van der Waals surface area contributed by atoms with Crippen LogP contribution in [0.5, 0.6) is 0 Å². The van der Waals surface area contributed by atoms with Crippen molar-refractivity contribution in [3.63, 3.8) is 0 Å². The highest BCUT2D eigenvalue weighted by Crippen LogP contribution is 2.39. The molecule has 3 fully saturated rings. The maximum absolute atomic E-state index is 10.9. The molecule has 34 heavy (non-hydrogen) atoms. The zero-order valence-electron chi connectivity index (χ0n) is 20.3. The van der Waals surface area contributed by atoms with Crippen molar-refractivity contribution < 1.29 is 9.90 Å². The highest BCUT2D eigenvalue weighted by atomic mass is 79.9. The topological polar surface area (TPSA) is 66.3 Å². The van der Waals surface area contributed by atoms with Crippen LogP contribution in [0.3, 0.4) is 0 Å². The first-order valence-corrected chi connectivity index (χ1v) is 14.4. The van der Waals surface area contributed by atoms with E-state index in [0.717, 1.165) is 31.6 Å². The number of nitrogens with one attached hydrogen (secondary N) is 2. The van der Waals surface area contributed by atoms with Gasteiger partial charge in [-0.25, -0.2) is 4.79 Å². The Balaban J connectivity index is 1.20. The van der Waals surface area contributed by atoms with Crippen molar-refractivity contribution in [2.75, 3.05) is 0 Å². The largest absolute Gasteiger partial charge is 0.465 e. The first-order valence-electron chi connectivity index (χ1n) is 13.6. The van der Waals surface area contributed by atoms with E-state index in [1.54, 1.807) is 5.56 Å². The van der Waals surface area contributed by atoms with Gasteiger partial charge in [0.1, 0.15) is 0 Å². The quantitative estimate of drug-likeness (QED) is 0.371. The zero-order valence-corrected chi connectivity index (χ0v) is 21.9. The molecule has 1 amide bonds. The Kier molecular flexibility index (Phi) is 7.84. The van der Waals surface area contributed by atoms with Gasteiger partial charge in [0.05, 0.1) is 0 Å². The highest BCUT2D eigenvalue weighted by Gasteiger charge is 2.29. The second-order valence-corrected chi connectivity index (χ2v) is 12.0. The number of hydrogen-bond donors (Lipinski definition) is 3. The molecule has 2 aromatic rings. The average molecular weight is 531 g/mol. The van der Waals surface area contributed by atoms with E-state index in [2.05, 4.69) is 55.5 Å². The van der Waals surface area contributed by atoms with Crippen LogP contribution in [0.25, 0.3) is 10.9 Å². The smallest absolute Gasteiger partial charge is 0.404 e. The number of amides is 1. The van der Waals surface area contributed by atoms with Crippen LogP contribution in [0.15, 0.2) is 28.9 Å². The molecule has 3 aliphatic rings. The standard InChI is InChI=1S/C28H40BrN3O2/c29-21-8-15-27-25(16-21)26(18-32(27)17-19-4-2-1-3-5-19)20-6-9-22(10-7-20)30-23-11-13-24(14-12-23)31-28(33)34/h8,15-16,18-20,22-24,30-31H,1-7,9-14,17H2,(H,33,34). The molecular weight excluding hydrogens is 490 g/mol. The van der Waals surface area contributed by atoms with Gasteiger partial charge >= 0.3 is 6.09 Å². The summed E-state index contributed by atoms with van der Waals surface area (Å²) < 4.78 is 3.75. The Labute approximate surface area is 212 Å². The van der Waals surface area contributed by atoms with Gasteiger partial charge in [0, 0.05) is 46.2 Å². The van der Waals surface area contributed by atoms with Gasteiger partial charge in [0.15, 0.2) is 0 Å². The molecule has 5 rings (SSSR count). The summed E-state index contributed by atoms with van der Waals surface area (Å²) in [5, 5.41) is 17.0. The van der Waals surface area contributed by atoms with Gasteiger partial charge in [-0.05, 0) is 99.8 Å². The van der Waals surface area contributed by atoms with Crippen LogP contribution in [-0.2, 0) is 6.54 Å². The summed E-state index contributed by atoms with van der Waals surface area (Å²) in [6.45, 7) is 1.18. The minimum atomic E-state index is -0.887. The number of nitrogens with zero attached hydrogens (tertiary/aromatic N) is 1. The van der Waals surface area contributed by atoms with Crippen LogP contribution in [0.1, 0.15) is 95.0 Å². The lowest BCUT2D eigenvalue weighted by Gasteiger charge is -2.35. The van der Waals surface area contributed by atoms with Gasteiger partial charge < -0.3 is 20.3 Å². The Morgan fingerprint density at radius 1 is 0.912 bits per heavy atom. The Morgan fingerprint density at radius 2 is 1.56 bits per heavy atom. The molecule has 0 unspecified atom stereocenters. The van der Waals surface area contributed by atoms with Crippen molar-refractivity contribution in [3.8, 4) is 0 Å². The van der Waals surface area contributed by atoms with Crippen LogP contribution in [0.4, 0.5) is 4.79 Å². The summed E-state index contributed by atoms with van der Waals surface area (Å²) in [5.41, 5.74) is 2.97. The molecule has 6 heteroatoms. The maximum atomic E-state index is 10.9. The minimum Gasteiger partial charge on any atom is -0.465 e. The molecule has 1 aromatic heterocycles. The van der Waals surface area contributed by atoms with E-state index in [1.807, 2.05) is 0 Å². The van der Waals surface area contributed by atoms with E-state index in [0.29, 0.717) is 18.0 Å². The summed E-state index contributed by atoms with van der Waals surface area (Å²) in [7, 11) is 0. The van der Waals surface area contributed by atoms with Crippen molar-refractivity contribution in [3.05, 3.63) is 34.4 Å². The third-order valence-electron chi connectivity index (χ3n) is 8.75. The van der Waals surface area contributed by atoms with Crippen LogP contribution >= 0.6 is 15.9 Å². The van der Waals surface area contributed by atoms with Crippen molar-refractivity contribution >= 4 is 32.9 Å². The van der Waals surface area contributed by atoms with E-state index in [9.17, 15) is 4.79 Å². The van der Waals surface area contributed by atoms with Gasteiger partial charge in [-0.3, -0.25) is 0 Å². The lowest BCUT2D eigenvalue weighted by Crippen LogP contribution is -2.45. The molecule has 186 valence electrons. The third-order valence-corrected chi connectivity index (χ3v) is 9.24. The van der Waals surface area contributed by atoms with E-state index >= 15 is 0 Å². The van der Waals surface area contributed by atoms with Gasteiger partial charge in [-0.1, -0.05) is 35.2 Å². The number of carboxylic acid groups (broad SMARTS) is 1. The first kappa shape index (κ1) is 24.2. The lowest BCUT2D eigenvalue weighted by atomic mass is 9.81. The fraction of sp³-hybridized carbons (Fsp3) is 0.679. The maximum Gasteiger partial charge on any atom is 0.404 e. The number of aromatic nitrogens is 1. The van der Waals surface area contributed by atoms with Crippen LogP contribution in [0.2, 0.25) is 0 Å². The number of hydrogen-bond acceptors (Lipinski definition) is 2. The van der Waals surface area contributed by atoms with Crippen molar-refractivity contribution in [2.45, 2.75) is 114 Å². The van der Waals surface area contributed by atoms with Crippen LogP contribution in [0, 0.1) is 5.92 Å². The summed E-state index contributed by atoms with van der Waals surface area (Å²) in [6.07, 6.45) is 17.6. The molecule has 3 aliphatic carbocycles. The summed E-state index contributed by atoms with van der Waals surface area (Å²) in [4.78, 5) is 10.9. The molecule has 0 bridgehead atoms. The molecule has 3 saturated carbocycles. The predicted molar refractivity (Wildman–Crippen MR) is 142 cm³/mol. The fourth-order valence-electron chi connectivity index (χ4n) is 6.90. The van der Waals surface area contributed by atoms with E-state index in [1.165, 1.54) is 79.7 Å². The number of rotatable bonds is 6. The summed E-state index contributed by atoms with van der Waals surface area (Å²) in [5.74, 6) is 1.49. The van der Waals surface area contributed by atoms with Crippen LogP contribution in [-0.4, -0.2) is 33.9 Å². The molecule has 0 aliphatic heterocycles. The van der Waals surface area contributed by atoms with Crippen molar-refractivity contribution in [2.24, 2.45) is 5.92 Å². The van der Waals surface area contributed by atoms with Gasteiger partial charge in [0.25, 0.3) is 0 Å². The predicted octanol–water partition coefficient (Wildman–Crippen LogP) is 7.18. The second kappa shape index (κ2) is 11.0. The van der Waals surface area contributed by atoms with Crippen LogP contribution < -0.4 is 10.6 Å². The Bertz CT molecular complexity index is 967. The first-order chi connectivity index (χ1) is 16.5. The summed E-state index contributed by atoms with van der Waals surface area (Å²) in [6, 6.07) is 8.14. The molecule has 1 aromatic carbocycles. The second-order valence-electron chi connectivity index (χ2n) is 11.1. The third kappa shape index (κ3) is 5.81. The highest BCUT2D eigenvalue weighted by molar-refractivity contribution is 9.10. The van der Waals surface area contributed by atoms with Gasteiger partial charge in [0.2, 0.25) is 0 Å². The van der Waals surface area contributed by atoms with Gasteiger partial charge in [-0.2, -0.15) is 0 Å². The van der Waals surface area contributed by atoms with Crippen molar-refractivity contribution in [1.82, 2.24) is 15.2 Å². The summed E-state index contributed by atoms with van der Waals surface area (Å²) >= 11 is 3.72. The SMILES string of the molecule is O=C(O)NC1CCC(NC2CCC(c3cn(CC4CCCCC4)c4ccc(Br)cc34)CC2)CC1. The normalized spacial score (nSPS) is 28.7. The number of benzene rings is 1. The van der Waals surface area contributed by atoms with E-state index in [4.69, 9.17) is 5.11 Å². The lowest BCUT2D eigenvalue weighted by molar-refractivity contribution is 0.182. The Hall–Kier alpha value is -1.53. The molecule has 0 atom stereocenters. The van der Waals surface area contributed by atoms with E-state index < -0.39 is 6.09 Å². The fourth-order valence-corrected chi connectivity index (χ4v) is 7.27. The number of carbonyl (C=O) groups is 1. The monoisotopic (exact) mass is 529 g/mol. The molecule has 0 radical (unpaired) electrons. The van der Waals surface area contributed by atoms with E-state index in [-0.39, 0.29) is 6.04 Å². The molecule has 1 heterocycles. The minimum absolute atomic E-state index is 0.136. The Morgan fingerprint density at radius 3 is 2.24 bits per heavy atom. The molecule has 3 N–H and O–H groups in total. The molecule has 0 spiro atoms. The average Bonchev–Trinajstić information content (AvgIpc) is 3.18. The zero-order chi connectivity index (χ0) is 23.5. The number of fused-ring (bicyclic) bond motifs is 1. The van der Waals surface area contributed by atoms with Crippen molar-refractivity contribution in [1.29, 1.82) is 0 Å². The molecular formula is C28H40BrN3O2.